The standard InChI is InChI=1S/C31H34F2N4O2/c1-22(38)24-8-11-28(12-9-24)35-13-15-36(16-14-35)31(39)30-18-27(21-37(30)20-23-5-3-2-4-6-23)34-19-25-7-10-26(32)17-29(25)33/h2-12,17,27,30,34H,13-16,18-21H2,1H3/t27-,30-/m0/s1. The van der Waals surface area contributed by atoms with Gasteiger partial charge in [-0.05, 0) is 49.2 Å². The second kappa shape index (κ2) is 12.1. The number of carbonyl (C=O) groups excluding carboxylic acids is 2. The Morgan fingerprint density at radius 3 is 2.31 bits per heavy atom. The highest BCUT2D eigenvalue weighted by Gasteiger charge is 2.39. The average molecular weight is 533 g/mol. The zero-order valence-electron chi connectivity index (χ0n) is 22.2. The topological polar surface area (TPSA) is 55.9 Å². The molecule has 2 aliphatic rings. The normalized spacial score (nSPS) is 19.9. The summed E-state index contributed by atoms with van der Waals surface area (Å²) in [5, 5.41) is 3.40. The molecule has 2 saturated heterocycles. The van der Waals surface area contributed by atoms with Crippen molar-refractivity contribution in [2.75, 3.05) is 37.6 Å². The van der Waals surface area contributed by atoms with E-state index in [0.717, 1.165) is 30.4 Å². The molecule has 2 heterocycles. The minimum absolute atomic E-state index is 0.00759. The molecule has 2 aliphatic heterocycles. The Morgan fingerprint density at radius 2 is 1.64 bits per heavy atom. The molecular weight excluding hydrogens is 498 g/mol. The Bertz CT molecular complexity index is 1290. The summed E-state index contributed by atoms with van der Waals surface area (Å²) < 4.78 is 27.5. The fraction of sp³-hybridized carbons (Fsp3) is 0.355. The third-order valence-corrected chi connectivity index (χ3v) is 7.74. The number of amides is 1. The summed E-state index contributed by atoms with van der Waals surface area (Å²) in [5.74, 6) is -0.994. The maximum Gasteiger partial charge on any atom is 0.240 e. The van der Waals surface area contributed by atoms with Crippen molar-refractivity contribution in [2.24, 2.45) is 0 Å². The number of carbonyl (C=O) groups is 2. The maximum absolute atomic E-state index is 14.2. The number of hydrogen-bond acceptors (Lipinski definition) is 5. The fourth-order valence-corrected chi connectivity index (χ4v) is 5.52. The lowest BCUT2D eigenvalue weighted by atomic mass is 10.1. The monoisotopic (exact) mass is 532 g/mol. The van der Waals surface area contributed by atoms with E-state index >= 15 is 0 Å². The molecule has 2 fully saturated rings. The van der Waals surface area contributed by atoms with Crippen LogP contribution in [0.5, 0.6) is 0 Å². The zero-order chi connectivity index (χ0) is 27.4. The van der Waals surface area contributed by atoms with Gasteiger partial charge in [-0.3, -0.25) is 14.5 Å². The van der Waals surface area contributed by atoms with Crippen molar-refractivity contribution in [2.45, 2.75) is 38.5 Å². The number of nitrogens with zero attached hydrogens (tertiary/aromatic N) is 3. The first-order valence-corrected chi connectivity index (χ1v) is 13.5. The molecule has 3 aromatic carbocycles. The van der Waals surface area contributed by atoms with Crippen molar-refractivity contribution in [3.8, 4) is 0 Å². The minimum Gasteiger partial charge on any atom is -0.368 e. The molecule has 6 nitrogen and oxygen atoms in total. The molecule has 0 saturated carbocycles. The molecule has 1 N–H and O–H groups in total. The number of piperazine rings is 1. The molecule has 0 unspecified atom stereocenters. The van der Waals surface area contributed by atoms with Gasteiger partial charge in [0.1, 0.15) is 11.6 Å². The van der Waals surface area contributed by atoms with E-state index in [1.165, 1.54) is 12.1 Å². The van der Waals surface area contributed by atoms with Crippen molar-refractivity contribution >= 4 is 17.4 Å². The largest absolute Gasteiger partial charge is 0.368 e. The number of likely N-dealkylation sites (tertiary alicyclic amines) is 1. The predicted octanol–water partition coefficient (Wildman–Crippen LogP) is 4.25. The van der Waals surface area contributed by atoms with Gasteiger partial charge in [-0.25, -0.2) is 8.78 Å². The van der Waals surface area contributed by atoms with Crippen LogP contribution in [0.15, 0.2) is 72.8 Å². The number of halogens is 2. The number of rotatable bonds is 8. The Labute approximate surface area is 228 Å². The van der Waals surface area contributed by atoms with E-state index in [9.17, 15) is 18.4 Å². The highest BCUT2D eigenvalue weighted by molar-refractivity contribution is 5.94. The molecule has 39 heavy (non-hydrogen) atoms. The minimum atomic E-state index is -0.593. The van der Waals surface area contributed by atoms with Gasteiger partial charge in [-0.15, -0.1) is 0 Å². The van der Waals surface area contributed by atoms with Crippen LogP contribution in [0.1, 0.15) is 34.8 Å². The molecular formula is C31H34F2N4O2. The molecule has 2 atom stereocenters. The molecule has 0 aromatic heterocycles. The second-order valence-electron chi connectivity index (χ2n) is 10.4. The third kappa shape index (κ3) is 6.52. The van der Waals surface area contributed by atoms with Crippen LogP contribution in [0, 0.1) is 11.6 Å². The molecule has 8 heteroatoms. The summed E-state index contributed by atoms with van der Waals surface area (Å²) in [5.41, 5.74) is 3.29. The number of hydrogen-bond donors (Lipinski definition) is 1. The molecule has 0 radical (unpaired) electrons. The SMILES string of the molecule is CC(=O)c1ccc(N2CCN(C(=O)[C@@H]3C[C@H](NCc4ccc(F)cc4F)CN3Cc3ccccc3)CC2)cc1. The second-order valence-corrected chi connectivity index (χ2v) is 10.4. The lowest BCUT2D eigenvalue weighted by molar-refractivity contribution is -0.136. The predicted molar refractivity (Wildman–Crippen MR) is 147 cm³/mol. The van der Waals surface area contributed by atoms with Gasteiger partial charge in [0.2, 0.25) is 5.91 Å². The Kier molecular flexibility index (Phi) is 8.33. The molecule has 3 aromatic rings. The van der Waals surface area contributed by atoms with Gasteiger partial charge in [0.15, 0.2) is 5.78 Å². The fourth-order valence-electron chi connectivity index (χ4n) is 5.52. The van der Waals surface area contributed by atoms with Gasteiger partial charge in [0.25, 0.3) is 0 Å². The summed E-state index contributed by atoms with van der Waals surface area (Å²) in [6, 6.07) is 21.1. The van der Waals surface area contributed by atoms with Gasteiger partial charge in [-0.2, -0.15) is 0 Å². The maximum atomic E-state index is 14.2. The van der Waals surface area contributed by atoms with E-state index in [1.807, 2.05) is 47.4 Å². The quantitative estimate of drug-likeness (QED) is 0.440. The van der Waals surface area contributed by atoms with Crippen LogP contribution in [0.3, 0.4) is 0 Å². The molecule has 0 aliphatic carbocycles. The van der Waals surface area contributed by atoms with Crippen molar-refractivity contribution < 1.29 is 18.4 Å². The Hall–Kier alpha value is -3.62. The van der Waals surface area contributed by atoms with Crippen LogP contribution in [-0.4, -0.2) is 66.3 Å². The molecule has 1 amide bonds. The van der Waals surface area contributed by atoms with Crippen molar-refractivity contribution in [1.82, 2.24) is 15.1 Å². The van der Waals surface area contributed by atoms with Crippen molar-refractivity contribution in [3.05, 3.63) is 101 Å². The number of ketones is 1. The molecule has 204 valence electrons. The van der Waals surface area contributed by atoms with E-state index in [0.29, 0.717) is 43.7 Å². The summed E-state index contributed by atoms with van der Waals surface area (Å²) in [7, 11) is 0. The van der Waals surface area contributed by atoms with Crippen LogP contribution < -0.4 is 10.2 Å². The lowest BCUT2D eigenvalue weighted by Crippen LogP contribution is -2.53. The van der Waals surface area contributed by atoms with Crippen LogP contribution >= 0.6 is 0 Å². The molecule has 0 bridgehead atoms. The zero-order valence-corrected chi connectivity index (χ0v) is 22.2. The van der Waals surface area contributed by atoms with Crippen LogP contribution in [0.2, 0.25) is 0 Å². The van der Waals surface area contributed by atoms with Gasteiger partial charge in [-0.1, -0.05) is 36.4 Å². The summed E-state index contributed by atoms with van der Waals surface area (Å²) >= 11 is 0. The average Bonchev–Trinajstić information content (AvgIpc) is 3.35. The van der Waals surface area contributed by atoms with Crippen LogP contribution in [-0.2, 0) is 17.9 Å². The smallest absolute Gasteiger partial charge is 0.240 e. The number of Topliss-reactive ketones (excluding diaryl/α,β-unsaturated/α-hetero) is 1. The van der Waals surface area contributed by atoms with Crippen molar-refractivity contribution in [1.29, 1.82) is 0 Å². The van der Waals surface area contributed by atoms with Gasteiger partial charge in [0.05, 0.1) is 6.04 Å². The number of anilines is 1. The van der Waals surface area contributed by atoms with Gasteiger partial charge < -0.3 is 15.1 Å². The first-order valence-electron chi connectivity index (χ1n) is 13.5. The van der Waals surface area contributed by atoms with E-state index in [2.05, 4.69) is 27.2 Å². The Balaban J connectivity index is 1.23. The van der Waals surface area contributed by atoms with E-state index in [4.69, 9.17) is 0 Å². The first-order chi connectivity index (χ1) is 18.9. The number of nitrogens with one attached hydrogen (secondary N) is 1. The van der Waals surface area contributed by atoms with Crippen LogP contribution in [0.4, 0.5) is 14.5 Å². The van der Waals surface area contributed by atoms with E-state index in [-0.39, 0.29) is 30.3 Å². The molecule has 0 spiro atoms. The first kappa shape index (κ1) is 27.0. The van der Waals surface area contributed by atoms with Crippen LogP contribution in [0.25, 0.3) is 0 Å². The number of benzene rings is 3. The lowest BCUT2D eigenvalue weighted by Gasteiger charge is -2.38. The summed E-state index contributed by atoms with van der Waals surface area (Å²) in [6.45, 7) is 5.86. The van der Waals surface area contributed by atoms with Crippen molar-refractivity contribution in [3.63, 3.8) is 0 Å². The molecule has 5 rings (SSSR count). The highest BCUT2D eigenvalue weighted by Crippen LogP contribution is 2.25. The Morgan fingerprint density at radius 1 is 0.923 bits per heavy atom. The highest BCUT2D eigenvalue weighted by atomic mass is 19.1. The third-order valence-electron chi connectivity index (χ3n) is 7.74. The van der Waals surface area contributed by atoms with E-state index < -0.39 is 11.6 Å². The van der Waals surface area contributed by atoms with Gasteiger partial charge >= 0.3 is 0 Å². The van der Waals surface area contributed by atoms with E-state index in [1.54, 1.807) is 6.92 Å². The summed E-state index contributed by atoms with van der Waals surface area (Å²) in [4.78, 5) is 31.8. The van der Waals surface area contributed by atoms with Gasteiger partial charge in [0, 0.05) is 74.7 Å². The summed E-state index contributed by atoms with van der Waals surface area (Å²) in [6.07, 6.45) is 0.626.